The Labute approximate surface area is 127 Å². The van der Waals surface area contributed by atoms with Gasteiger partial charge in [-0.25, -0.2) is 4.39 Å². The van der Waals surface area contributed by atoms with E-state index in [0.717, 1.165) is 6.07 Å². The maximum absolute atomic E-state index is 13.1. The summed E-state index contributed by atoms with van der Waals surface area (Å²) < 4.78 is 24.0. The van der Waals surface area contributed by atoms with Crippen molar-refractivity contribution in [2.24, 2.45) is 0 Å². The minimum atomic E-state index is -0.480. The number of Topliss-reactive ketones (excluding diaryl/α,β-unsaturated/α-hetero) is 1. The van der Waals surface area contributed by atoms with Crippen LogP contribution in [-0.2, 0) is 0 Å². The highest BCUT2D eigenvalue weighted by Gasteiger charge is 2.09. The van der Waals surface area contributed by atoms with Crippen molar-refractivity contribution in [1.82, 2.24) is 0 Å². The lowest BCUT2D eigenvalue weighted by Crippen LogP contribution is -2.11. The van der Waals surface area contributed by atoms with Gasteiger partial charge in [0.05, 0.1) is 17.2 Å². The van der Waals surface area contributed by atoms with Crippen molar-refractivity contribution < 1.29 is 18.7 Å². The molecule has 0 unspecified atom stereocenters. The number of nitrogens with zero attached hydrogens (tertiary/aromatic N) is 1. The lowest BCUT2D eigenvalue weighted by Gasteiger charge is -2.11. The van der Waals surface area contributed by atoms with Crippen LogP contribution in [0.4, 0.5) is 4.39 Å². The van der Waals surface area contributed by atoms with Gasteiger partial charge in [0.25, 0.3) is 0 Å². The molecule has 0 aromatic heterocycles. The Morgan fingerprint density at radius 3 is 2.45 bits per heavy atom. The van der Waals surface area contributed by atoms with E-state index in [1.54, 1.807) is 24.3 Å². The van der Waals surface area contributed by atoms with E-state index in [1.807, 2.05) is 6.07 Å². The summed E-state index contributed by atoms with van der Waals surface area (Å²) in [4.78, 5) is 11.4. The third kappa shape index (κ3) is 4.06. The second-order valence-electron chi connectivity index (χ2n) is 4.53. The summed E-state index contributed by atoms with van der Waals surface area (Å²) in [5.41, 5.74) is 0.763. The second kappa shape index (κ2) is 7.23. The Morgan fingerprint density at radius 1 is 1.14 bits per heavy atom. The van der Waals surface area contributed by atoms with Gasteiger partial charge >= 0.3 is 0 Å². The standard InChI is InChI=1S/C17H14FNO3/c1-12(20)16-10-14(18)4-7-17(16)22-9-8-21-15-5-2-13(11-19)3-6-15/h2-7,10H,8-9H2,1H3. The molecule has 0 aliphatic rings. The fourth-order valence-electron chi connectivity index (χ4n) is 1.84. The van der Waals surface area contributed by atoms with E-state index in [1.165, 1.54) is 19.1 Å². The summed E-state index contributed by atoms with van der Waals surface area (Å²) in [6.07, 6.45) is 0. The monoisotopic (exact) mass is 299 g/mol. The zero-order chi connectivity index (χ0) is 15.9. The molecule has 5 heteroatoms. The number of ether oxygens (including phenoxy) is 2. The molecule has 0 fully saturated rings. The highest BCUT2D eigenvalue weighted by atomic mass is 19.1. The average molecular weight is 299 g/mol. The molecule has 0 bridgehead atoms. The van der Waals surface area contributed by atoms with E-state index in [4.69, 9.17) is 14.7 Å². The third-order valence-corrected chi connectivity index (χ3v) is 2.91. The van der Waals surface area contributed by atoms with Crippen LogP contribution in [0.5, 0.6) is 11.5 Å². The number of hydrogen-bond donors (Lipinski definition) is 0. The van der Waals surface area contributed by atoms with Gasteiger partial charge in [-0.3, -0.25) is 4.79 Å². The first kappa shape index (κ1) is 15.5. The van der Waals surface area contributed by atoms with Crippen molar-refractivity contribution in [2.75, 3.05) is 13.2 Å². The largest absolute Gasteiger partial charge is 0.490 e. The highest BCUT2D eigenvalue weighted by Crippen LogP contribution is 2.20. The number of carbonyl (C=O) groups is 1. The molecule has 22 heavy (non-hydrogen) atoms. The van der Waals surface area contributed by atoms with Gasteiger partial charge in [0, 0.05) is 0 Å². The van der Waals surface area contributed by atoms with Gasteiger partial charge in [-0.15, -0.1) is 0 Å². The predicted octanol–water partition coefficient (Wildman–Crippen LogP) is 3.36. The van der Waals surface area contributed by atoms with Gasteiger partial charge < -0.3 is 9.47 Å². The van der Waals surface area contributed by atoms with Gasteiger partial charge in [0.1, 0.15) is 30.5 Å². The van der Waals surface area contributed by atoms with Crippen molar-refractivity contribution in [2.45, 2.75) is 6.92 Å². The summed E-state index contributed by atoms with van der Waals surface area (Å²) in [7, 11) is 0. The van der Waals surface area contributed by atoms with Crippen LogP contribution in [0.25, 0.3) is 0 Å². The predicted molar refractivity (Wildman–Crippen MR) is 78.6 cm³/mol. The molecule has 0 saturated carbocycles. The first-order valence-electron chi connectivity index (χ1n) is 6.66. The van der Waals surface area contributed by atoms with E-state index in [0.29, 0.717) is 17.1 Å². The maximum atomic E-state index is 13.1. The zero-order valence-corrected chi connectivity index (χ0v) is 12.0. The molecule has 4 nitrogen and oxygen atoms in total. The molecule has 0 N–H and O–H groups in total. The third-order valence-electron chi connectivity index (χ3n) is 2.91. The minimum absolute atomic E-state index is 0.207. The molecule has 0 heterocycles. The van der Waals surface area contributed by atoms with Crippen molar-refractivity contribution in [3.63, 3.8) is 0 Å². The molecule has 0 radical (unpaired) electrons. The van der Waals surface area contributed by atoms with Crippen LogP contribution in [0.3, 0.4) is 0 Å². The molecule has 0 saturated heterocycles. The van der Waals surface area contributed by atoms with Crippen LogP contribution in [0.2, 0.25) is 0 Å². The van der Waals surface area contributed by atoms with Gasteiger partial charge in [0.15, 0.2) is 5.78 Å². The van der Waals surface area contributed by atoms with E-state index in [-0.39, 0.29) is 24.6 Å². The number of nitriles is 1. The van der Waals surface area contributed by atoms with Crippen LogP contribution in [0, 0.1) is 17.1 Å². The summed E-state index contributed by atoms with van der Waals surface area (Å²) in [5, 5.41) is 8.69. The van der Waals surface area contributed by atoms with Gasteiger partial charge in [-0.1, -0.05) is 0 Å². The van der Waals surface area contributed by atoms with Crippen LogP contribution < -0.4 is 9.47 Å². The zero-order valence-electron chi connectivity index (χ0n) is 12.0. The number of ketones is 1. The number of carbonyl (C=O) groups excluding carboxylic acids is 1. The normalized spacial score (nSPS) is 9.86. The quantitative estimate of drug-likeness (QED) is 0.606. The van der Waals surface area contributed by atoms with Crippen molar-refractivity contribution in [3.05, 3.63) is 59.4 Å². The summed E-state index contributed by atoms with van der Waals surface area (Å²) in [6.45, 7) is 1.83. The fraction of sp³-hybridized carbons (Fsp3) is 0.176. The molecular weight excluding hydrogens is 285 g/mol. The Bertz CT molecular complexity index is 705. The first-order chi connectivity index (χ1) is 10.6. The van der Waals surface area contributed by atoms with Crippen molar-refractivity contribution in [1.29, 1.82) is 5.26 Å². The molecule has 0 spiro atoms. The highest BCUT2D eigenvalue weighted by molar-refractivity contribution is 5.96. The lowest BCUT2D eigenvalue weighted by atomic mass is 10.1. The van der Waals surface area contributed by atoms with Crippen LogP contribution >= 0.6 is 0 Å². The van der Waals surface area contributed by atoms with E-state index in [9.17, 15) is 9.18 Å². The maximum Gasteiger partial charge on any atom is 0.163 e. The van der Waals surface area contributed by atoms with Gasteiger partial charge in [-0.05, 0) is 49.4 Å². The molecule has 0 atom stereocenters. The topological polar surface area (TPSA) is 59.3 Å². The van der Waals surface area contributed by atoms with Crippen molar-refractivity contribution in [3.8, 4) is 17.6 Å². The second-order valence-corrected chi connectivity index (χ2v) is 4.53. The van der Waals surface area contributed by atoms with E-state index in [2.05, 4.69) is 0 Å². The van der Waals surface area contributed by atoms with E-state index >= 15 is 0 Å². The molecular formula is C17H14FNO3. The fourth-order valence-corrected chi connectivity index (χ4v) is 1.84. The molecule has 2 rings (SSSR count). The van der Waals surface area contributed by atoms with Crippen LogP contribution in [0.15, 0.2) is 42.5 Å². The number of benzene rings is 2. The Hall–Kier alpha value is -2.87. The lowest BCUT2D eigenvalue weighted by molar-refractivity contribution is 0.101. The smallest absolute Gasteiger partial charge is 0.163 e. The van der Waals surface area contributed by atoms with Gasteiger partial charge in [0.2, 0.25) is 0 Å². The SMILES string of the molecule is CC(=O)c1cc(F)ccc1OCCOc1ccc(C#N)cc1. The number of rotatable bonds is 6. The Kier molecular flexibility index (Phi) is 5.10. The molecule has 0 amide bonds. The summed E-state index contributed by atoms with van der Waals surface area (Å²) in [5.74, 6) is 0.208. The minimum Gasteiger partial charge on any atom is -0.490 e. The molecule has 2 aromatic carbocycles. The summed E-state index contributed by atoms with van der Waals surface area (Å²) in [6, 6.07) is 12.5. The van der Waals surface area contributed by atoms with Crippen LogP contribution in [-0.4, -0.2) is 19.0 Å². The Morgan fingerprint density at radius 2 is 1.82 bits per heavy atom. The number of halogens is 1. The molecule has 2 aromatic rings. The van der Waals surface area contributed by atoms with Crippen LogP contribution in [0.1, 0.15) is 22.8 Å². The van der Waals surface area contributed by atoms with Crippen molar-refractivity contribution >= 4 is 5.78 Å². The Balaban J connectivity index is 1.88. The molecule has 0 aliphatic carbocycles. The average Bonchev–Trinajstić information content (AvgIpc) is 2.53. The summed E-state index contributed by atoms with van der Waals surface area (Å²) >= 11 is 0. The molecule has 112 valence electrons. The van der Waals surface area contributed by atoms with E-state index < -0.39 is 5.82 Å². The van der Waals surface area contributed by atoms with Gasteiger partial charge in [-0.2, -0.15) is 5.26 Å². The number of hydrogen-bond acceptors (Lipinski definition) is 4. The first-order valence-corrected chi connectivity index (χ1v) is 6.66. The molecule has 0 aliphatic heterocycles.